The third kappa shape index (κ3) is 2.58. The zero-order chi connectivity index (χ0) is 14.0. The predicted octanol–water partition coefficient (Wildman–Crippen LogP) is -0.295. The molecule has 0 radical (unpaired) electrons. The molecule has 1 N–H and O–H groups in total. The summed E-state index contributed by atoms with van der Waals surface area (Å²) in [7, 11) is 0. The third-order valence-electron chi connectivity index (χ3n) is 3.18. The lowest BCUT2D eigenvalue weighted by atomic mass is 10.2. The first kappa shape index (κ1) is 13.5. The van der Waals surface area contributed by atoms with Crippen LogP contribution >= 0.6 is 0 Å². The van der Waals surface area contributed by atoms with Crippen molar-refractivity contribution < 1.29 is 19.4 Å². The summed E-state index contributed by atoms with van der Waals surface area (Å²) < 4.78 is 6.54. The van der Waals surface area contributed by atoms with Crippen molar-refractivity contribution in [3.8, 4) is 0 Å². The van der Waals surface area contributed by atoms with Gasteiger partial charge in [0.25, 0.3) is 0 Å². The van der Waals surface area contributed by atoms with Gasteiger partial charge in [0.1, 0.15) is 6.04 Å². The molecule has 0 aliphatic carbocycles. The van der Waals surface area contributed by atoms with Gasteiger partial charge in [-0.2, -0.15) is 0 Å². The molecule has 104 valence electrons. The Bertz CT molecular complexity index is 493. The van der Waals surface area contributed by atoms with Gasteiger partial charge in [-0.05, 0) is 13.8 Å². The van der Waals surface area contributed by atoms with Crippen LogP contribution in [0.2, 0.25) is 0 Å². The molecule has 1 atom stereocenters. The van der Waals surface area contributed by atoms with E-state index in [9.17, 15) is 9.59 Å². The van der Waals surface area contributed by atoms with Crippen LogP contribution in [0.4, 0.5) is 0 Å². The number of morpholine rings is 1. The molecule has 1 aromatic heterocycles. The number of amides is 1. The van der Waals surface area contributed by atoms with E-state index in [1.165, 1.54) is 4.68 Å². The van der Waals surface area contributed by atoms with Crippen LogP contribution in [0.5, 0.6) is 0 Å². The molecule has 0 aromatic carbocycles. The molecule has 1 unspecified atom stereocenters. The van der Waals surface area contributed by atoms with E-state index in [2.05, 4.69) is 10.3 Å². The molecule has 1 aliphatic rings. The van der Waals surface area contributed by atoms with Gasteiger partial charge in [-0.25, -0.2) is 9.48 Å². The first-order valence-corrected chi connectivity index (χ1v) is 6.04. The fourth-order valence-corrected chi connectivity index (χ4v) is 2.06. The van der Waals surface area contributed by atoms with Crippen molar-refractivity contribution in [2.75, 3.05) is 26.3 Å². The first-order valence-electron chi connectivity index (χ1n) is 6.04. The molecule has 2 heterocycles. The molecule has 2 rings (SSSR count). The van der Waals surface area contributed by atoms with Gasteiger partial charge in [0.15, 0.2) is 5.69 Å². The molecule has 19 heavy (non-hydrogen) atoms. The van der Waals surface area contributed by atoms with E-state index >= 15 is 0 Å². The number of carbonyl (C=O) groups excluding carboxylic acids is 1. The summed E-state index contributed by atoms with van der Waals surface area (Å²) in [5.41, 5.74) is 0.253. The number of ether oxygens (including phenoxy) is 1. The number of carboxylic acids is 1. The average Bonchev–Trinajstić information content (AvgIpc) is 2.80. The summed E-state index contributed by atoms with van der Waals surface area (Å²) in [6.45, 7) is 5.41. The van der Waals surface area contributed by atoms with Crippen molar-refractivity contribution in [1.29, 1.82) is 0 Å². The van der Waals surface area contributed by atoms with Gasteiger partial charge in [-0.15, -0.1) is 5.10 Å². The Balaban J connectivity index is 2.16. The van der Waals surface area contributed by atoms with Gasteiger partial charge in [0.05, 0.1) is 18.9 Å². The highest BCUT2D eigenvalue weighted by molar-refractivity contribution is 5.86. The highest BCUT2D eigenvalue weighted by atomic mass is 16.5. The van der Waals surface area contributed by atoms with Crippen molar-refractivity contribution in [3.05, 3.63) is 11.4 Å². The Morgan fingerprint density at radius 1 is 1.37 bits per heavy atom. The van der Waals surface area contributed by atoms with Crippen LogP contribution in [-0.4, -0.2) is 63.2 Å². The fourth-order valence-electron chi connectivity index (χ4n) is 2.06. The second-order valence-electron chi connectivity index (χ2n) is 4.39. The predicted molar refractivity (Wildman–Crippen MR) is 63.8 cm³/mol. The highest BCUT2D eigenvalue weighted by Crippen LogP contribution is 2.14. The maximum absolute atomic E-state index is 12.3. The van der Waals surface area contributed by atoms with E-state index in [1.54, 1.807) is 18.7 Å². The summed E-state index contributed by atoms with van der Waals surface area (Å²) in [5, 5.41) is 16.3. The number of aromatic nitrogens is 3. The number of carboxylic acid groups (broad SMARTS) is 1. The van der Waals surface area contributed by atoms with Crippen LogP contribution in [0.3, 0.4) is 0 Å². The summed E-state index contributed by atoms with van der Waals surface area (Å²) in [5.74, 6) is -1.25. The maximum Gasteiger partial charge on any atom is 0.358 e. The standard InChI is InChI=1S/C11H16N4O4/c1-7-9(11(17)18)12-13-15(7)8(2)10(16)14-3-5-19-6-4-14/h8H,3-6H2,1-2H3,(H,17,18). The molecular weight excluding hydrogens is 252 g/mol. The van der Waals surface area contributed by atoms with Crippen LogP contribution in [0, 0.1) is 6.92 Å². The quantitative estimate of drug-likeness (QED) is 0.808. The zero-order valence-electron chi connectivity index (χ0n) is 10.9. The van der Waals surface area contributed by atoms with Crippen LogP contribution in [-0.2, 0) is 9.53 Å². The van der Waals surface area contributed by atoms with Gasteiger partial charge in [0, 0.05) is 13.1 Å². The van der Waals surface area contributed by atoms with Crippen molar-refractivity contribution in [3.63, 3.8) is 0 Å². The molecule has 1 aromatic rings. The molecule has 8 heteroatoms. The lowest BCUT2D eigenvalue weighted by Crippen LogP contribution is -2.44. The summed E-state index contributed by atoms with van der Waals surface area (Å²) in [4.78, 5) is 24.9. The van der Waals surface area contributed by atoms with Crippen LogP contribution in [0.25, 0.3) is 0 Å². The first-order chi connectivity index (χ1) is 9.02. The normalized spacial score (nSPS) is 17.3. The smallest absolute Gasteiger partial charge is 0.358 e. The molecule has 1 saturated heterocycles. The van der Waals surface area contributed by atoms with E-state index in [0.29, 0.717) is 32.0 Å². The molecule has 1 aliphatic heterocycles. The van der Waals surface area contributed by atoms with Crippen LogP contribution in [0.15, 0.2) is 0 Å². The molecule has 0 bridgehead atoms. The van der Waals surface area contributed by atoms with E-state index < -0.39 is 12.0 Å². The van der Waals surface area contributed by atoms with E-state index in [1.807, 2.05) is 0 Å². The number of hydrogen-bond donors (Lipinski definition) is 1. The Kier molecular flexibility index (Phi) is 3.79. The van der Waals surface area contributed by atoms with Gasteiger partial charge >= 0.3 is 5.97 Å². The summed E-state index contributed by atoms with van der Waals surface area (Å²) >= 11 is 0. The molecule has 0 saturated carbocycles. The van der Waals surface area contributed by atoms with Crippen molar-refractivity contribution in [2.24, 2.45) is 0 Å². The third-order valence-corrected chi connectivity index (χ3v) is 3.18. The largest absolute Gasteiger partial charge is 0.476 e. The minimum atomic E-state index is -1.14. The highest BCUT2D eigenvalue weighted by Gasteiger charge is 2.27. The maximum atomic E-state index is 12.3. The van der Waals surface area contributed by atoms with E-state index in [4.69, 9.17) is 9.84 Å². The van der Waals surface area contributed by atoms with E-state index in [-0.39, 0.29) is 11.6 Å². The Morgan fingerprint density at radius 3 is 2.53 bits per heavy atom. The number of carbonyl (C=O) groups is 2. The number of rotatable bonds is 3. The summed E-state index contributed by atoms with van der Waals surface area (Å²) in [6.07, 6.45) is 0. The van der Waals surface area contributed by atoms with Crippen molar-refractivity contribution in [2.45, 2.75) is 19.9 Å². The monoisotopic (exact) mass is 268 g/mol. The fraction of sp³-hybridized carbons (Fsp3) is 0.636. The average molecular weight is 268 g/mol. The van der Waals surface area contributed by atoms with E-state index in [0.717, 1.165) is 0 Å². The molecule has 0 spiro atoms. The minimum Gasteiger partial charge on any atom is -0.476 e. The van der Waals surface area contributed by atoms with Gasteiger partial charge < -0.3 is 14.7 Å². The molecule has 8 nitrogen and oxygen atoms in total. The minimum absolute atomic E-state index is 0.103. The second kappa shape index (κ2) is 5.35. The number of hydrogen-bond acceptors (Lipinski definition) is 5. The Labute approximate surface area is 109 Å². The topological polar surface area (TPSA) is 97.5 Å². The van der Waals surface area contributed by atoms with Gasteiger partial charge in [0.2, 0.25) is 5.91 Å². The Hall–Kier alpha value is -1.96. The van der Waals surface area contributed by atoms with Crippen molar-refractivity contribution >= 4 is 11.9 Å². The van der Waals surface area contributed by atoms with Crippen molar-refractivity contribution in [1.82, 2.24) is 19.9 Å². The van der Waals surface area contributed by atoms with Crippen LogP contribution < -0.4 is 0 Å². The Morgan fingerprint density at radius 2 is 2.00 bits per heavy atom. The van der Waals surface area contributed by atoms with Gasteiger partial charge in [-0.1, -0.05) is 5.21 Å². The van der Waals surface area contributed by atoms with Gasteiger partial charge in [-0.3, -0.25) is 4.79 Å². The lowest BCUT2D eigenvalue weighted by Gasteiger charge is -2.29. The summed E-state index contributed by atoms with van der Waals surface area (Å²) in [6, 6.07) is -0.571. The molecule has 1 fully saturated rings. The zero-order valence-corrected chi connectivity index (χ0v) is 10.9. The SMILES string of the molecule is Cc1c(C(=O)O)nnn1C(C)C(=O)N1CCOCC1. The number of nitrogens with zero attached hydrogens (tertiary/aromatic N) is 4. The van der Waals surface area contributed by atoms with Crippen LogP contribution in [0.1, 0.15) is 29.1 Å². The second-order valence-corrected chi connectivity index (χ2v) is 4.39. The molecular formula is C11H16N4O4. The number of aromatic carboxylic acids is 1. The lowest BCUT2D eigenvalue weighted by molar-refractivity contribution is -0.138. The molecule has 1 amide bonds.